The van der Waals surface area contributed by atoms with Crippen LogP contribution in [0.3, 0.4) is 0 Å². The molecular formula is C27H24N4O2S2. The molecule has 0 fully saturated rings. The number of hydrogen-bond acceptors (Lipinski definition) is 6. The van der Waals surface area contributed by atoms with E-state index in [2.05, 4.69) is 18.3 Å². The highest BCUT2D eigenvalue weighted by atomic mass is 32.2. The molecule has 1 amide bonds. The minimum atomic E-state index is -0.143. The van der Waals surface area contributed by atoms with E-state index in [4.69, 9.17) is 4.98 Å². The van der Waals surface area contributed by atoms with Gasteiger partial charge in [-0.15, -0.1) is 11.3 Å². The smallest absolute Gasteiger partial charge is 0.266 e. The number of fused-ring (bicyclic) bond motifs is 2. The van der Waals surface area contributed by atoms with Gasteiger partial charge in [-0.25, -0.2) is 4.98 Å². The van der Waals surface area contributed by atoms with Gasteiger partial charge in [0.15, 0.2) is 5.16 Å². The van der Waals surface area contributed by atoms with E-state index in [1.165, 1.54) is 28.0 Å². The number of carbonyl (C=O) groups is 1. The first-order chi connectivity index (χ1) is 17.0. The fourth-order valence-corrected chi connectivity index (χ4v) is 6.72. The maximum atomic E-state index is 13.3. The zero-order valence-corrected chi connectivity index (χ0v) is 20.9. The first kappa shape index (κ1) is 23.3. The van der Waals surface area contributed by atoms with Gasteiger partial charge in [-0.1, -0.05) is 49.0 Å². The summed E-state index contributed by atoms with van der Waals surface area (Å²) >= 11 is 2.91. The number of aromatic nitrogens is 2. The van der Waals surface area contributed by atoms with E-state index in [1.54, 1.807) is 10.6 Å². The lowest BCUT2D eigenvalue weighted by atomic mass is 9.89. The molecule has 176 valence electrons. The number of thioether (sulfide) groups is 1. The van der Waals surface area contributed by atoms with Crippen LogP contribution in [0.1, 0.15) is 35.8 Å². The minimum absolute atomic E-state index is 0.134. The Balaban J connectivity index is 1.34. The third kappa shape index (κ3) is 4.75. The molecule has 0 saturated carbocycles. The van der Waals surface area contributed by atoms with Gasteiger partial charge in [0.2, 0.25) is 5.91 Å². The highest BCUT2D eigenvalue weighted by Gasteiger charge is 2.24. The molecule has 2 aromatic heterocycles. The second-order valence-corrected chi connectivity index (χ2v) is 10.9. The molecule has 1 aliphatic carbocycles. The minimum Gasteiger partial charge on any atom is -0.317 e. The summed E-state index contributed by atoms with van der Waals surface area (Å²) in [5, 5.41) is 14.4. The average Bonchev–Trinajstić information content (AvgIpc) is 3.20. The van der Waals surface area contributed by atoms with Crippen molar-refractivity contribution in [3.05, 3.63) is 81.0 Å². The molecule has 0 bridgehead atoms. The molecule has 0 saturated heterocycles. The van der Waals surface area contributed by atoms with E-state index >= 15 is 0 Å². The number of carbonyl (C=O) groups excluding carboxylic acids is 1. The molecular weight excluding hydrogens is 476 g/mol. The van der Waals surface area contributed by atoms with Crippen molar-refractivity contribution < 1.29 is 4.79 Å². The molecule has 5 rings (SSSR count). The molecule has 0 radical (unpaired) electrons. The Morgan fingerprint density at radius 2 is 2.00 bits per heavy atom. The van der Waals surface area contributed by atoms with Gasteiger partial charge in [0, 0.05) is 17.1 Å². The van der Waals surface area contributed by atoms with Crippen molar-refractivity contribution in [3.63, 3.8) is 0 Å². The molecule has 8 heteroatoms. The molecule has 1 N–H and O–H groups in total. The summed E-state index contributed by atoms with van der Waals surface area (Å²) in [6.45, 7) is 2.22. The van der Waals surface area contributed by atoms with E-state index in [0.717, 1.165) is 30.5 Å². The summed E-state index contributed by atoms with van der Waals surface area (Å²) in [6.07, 6.45) is 3.17. The Hall–Kier alpha value is -3.41. The summed E-state index contributed by atoms with van der Waals surface area (Å²) in [7, 11) is 0. The Kier molecular flexibility index (Phi) is 6.71. The van der Waals surface area contributed by atoms with Gasteiger partial charge in [-0.3, -0.25) is 14.2 Å². The Morgan fingerprint density at radius 1 is 1.23 bits per heavy atom. The van der Waals surface area contributed by atoms with Gasteiger partial charge >= 0.3 is 0 Å². The van der Waals surface area contributed by atoms with Crippen LogP contribution in [0.4, 0.5) is 5.00 Å². The molecule has 2 heterocycles. The summed E-state index contributed by atoms with van der Waals surface area (Å²) in [6, 6.07) is 19.0. The van der Waals surface area contributed by atoms with Crippen molar-refractivity contribution >= 4 is 44.9 Å². The quantitative estimate of drug-likeness (QED) is 0.276. The summed E-state index contributed by atoms with van der Waals surface area (Å²) < 4.78 is 1.60. The standard InChI is InChI=1S/C27H24N4O2S2/c1-17-11-12-19-21(16-28)25(35-23(19)15-17)30-24(32)13-14-34-27-29-22-10-6-5-9-20(22)26(33)31(27)18-7-3-2-4-8-18/h2-10,17H,11-15H2,1H3,(H,30,32). The summed E-state index contributed by atoms with van der Waals surface area (Å²) in [5.41, 5.74) is 2.96. The maximum Gasteiger partial charge on any atom is 0.266 e. The van der Waals surface area contributed by atoms with Crippen LogP contribution in [0.15, 0.2) is 64.5 Å². The first-order valence-electron chi connectivity index (χ1n) is 11.6. The number of hydrogen-bond donors (Lipinski definition) is 1. The zero-order valence-electron chi connectivity index (χ0n) is 19.3. The number of anilines is 1. The zero-order chi connectivity index (χ0) is 24.4. The number of benzene rings is 2. The highest BCUT2D eigenvalue weighted by molar-refractivity contribution is 7.99. The number of para-hydroxylation sites is 2. The van der Waals surface area contributed by atoms with Crippen LogP contribution in [-0.4, -0.2) is 21.2 Å². The monoisotopic (exact) mass is 500 g/mol. The van der Waals surface area contributed by atoms with Crippen LogP contribution in [0.5, 0.6) is 0 Å². The third-order valence-electron chi connectivity index (χ3n) is 6.20. The third-order valence-corrected chi connectivity index (χ3v) is 8.31. The molecule has 1 unspecified atom stereocenters. The van der Waals surface area contributed by atoms with Crippen LogP contribution in [-0.2, 0) is 17.6 Å². The number of thiophene rings is 1. The maximum absolute atomic E-state index is 13.3. The molecule has 0 spiro atoms. The van der Waals surface area contributed by atoms with E-state index in [-0.39, 0.29) is 17.9 Å². The van der Waals surface area contributed by atoms with Crippen molar-refractivity contribution in [2.45, 2.75) is 37.8 Å². The second kappa shape index (κ2) is 10.1. The average molecular weight is 501 g/mol. The Bertz CT molecular complexity index is 1500. The lowest BCUT2D eigenvalue weighted by molar-refractivity contribution is -0.115. The van der Waals surface area contributed by atoms with Gasteiger partial charge in [-0.2, -0.15) is 5.26 Å². The number of amides is 1. The van der Waals surface area contributed by atoms with E-state index in [1.807, 2.05) is 48.5 Å². The van der Waals surface area contributed by atoms with Crippen molar-refractivity contribution in [2.75, 3.05) is 11.1 Å². The molecule has 2 aromatic carbocycles. The molecule has 4 aromatic rings. The molecule has 0 aliphatic heterocycles. The second-order valence-electron chi connectivity index (χ2n) is 8.70. The fraction of sp³-hybridized carbons (Fsp3) is 0.259. The lowest BCUT2D eigenvalue weighted by Gasteiger charge is -2.17. The first-order valence-corrected chi connectivity index (χ1v) is 13.4. The van der Waals surface area contributed by atoms with E-state index < -0.39 is 0 Å². The predicted molar refractivity (Wildman–Crippen MR) is 142 cm³/mol. The van der Waals surface area contributed by atoms with Crippen LogP contribution < -0.4 is 10.9 Å². The van der Waals surface area contributed by atoms with Gasteiger partial charge in [0.25, 0.3) is 5.56 Å². The number of nitrogens with one attached hydrogen (secondary N) is 1. The summed E-state index contributed by atoms with van der Waals surface area (Å²) in [4.78, 5) is 32.0. The van der Waals surface area contributed by atoms with Crippen molar-refractivity contribution in [2.24, 2.45) is 5.92 Å². The molecule has 6 nitrogen and oxygen atoms in total. The van der Waals surface area contributed by atoms with Gasteiger partial charge in [-0.05, 0) is 55.0 Å². The van der Waals surface area contributed by atoms with Crippen molar-refractivity contribution in [1.29, 1.82) is 5.26 Å². The van der Waals surface area contributed by atoms with Crippen molar-refractivity contribution in [1.82, 2.24) is 9.55 Å². The number of nitriles is 1. The van der Waals surface area contributed by atoms with Crippen molar-refractivity contribution in [3.8, 4) is 11.8 Å². The van der Waals surface area contributed by atoms with Crippen LogP contribution >= 0.6 is 23.1 Å². The number of rotatable bonds is 6. The van der Waals surface area contributed by atoms with E-state index in [0.29, 0.717) is 38.3 Å². The van der Waals surface area contributed by atoms with Crippen LogP contribution in [0.2, 0.25) is 0 Å². The lowest BCUT2D eigenvalue weighted by Crippen LogP contribution is -2.22. The number of nitrogens with zero attached hydrogens (tertiary/aromatic N) is 3. The Morgan fingerprint density at radius 3 is 2.80 bits per heavy atom. The van der Waals surface area contributed by atoms with E-state index in [9.17, 15) is 14.9 Å². The molecule has 35 heavy (non-hydrogen) atoms. The molecule has 1 atom stereocenters. The molecule has 1 aliphatic rings. The van der Waals surface area contributed by atoms with Crippen LogP contribution in [0.25, 0.3) is 16.6 Å². The fourth-order valence-electron chi connectivity index (χ4n) is 4.40. The van der Waals surface area contributed by atoms with Gasteiger partial charge < -0.3 is 5.32 Å². The highest BCUT2D eigenvalue weighted by Crippen LogP contribution is 2.39. The predicted octanol–water partition coefficient (Wildman–Crippen LogP) is 5.56. The van der Waals surface area contributed by atoms with Gasteiger partial charge in [0.05, 0.1) is 22.2 Å². The largest absolute Gasteiger partial charge is 0.317 e. The SMILES string of the molecule is CC1CCc2c(sc(NC(=O)CCSc3nc4ccccc4c(=O)n3-c3ccccc3)c2C#N)C1. The summed E-state index contributed by atoms with van der Waals surface area (Å²) in [5.74, 6) is 0.910. The van der Waals surface area contributed by atoms with Gasteiger partial charge in [0.1, 0.15) is 11.1 Å². The Labute approximate surface area is 211 Å². The van der Waals surface area contributed by atoms with Crippen LogP contribution in [0, 0.1) is 17.2 Å². The normalized spacial score (nSPS) is 14.9. The topological polar surface area (TPSA) is 87.8 Å².